The van der Waals surface area contributed by atoms with E-state index in [9.17, 15) is 4.79 Å². The average Bonchev–Trinajstić information content (AvgIpc) is 2.80. The Balaban J connectivity index is 3.10. The molecule has 1 atom stereocenters. The molecule has 2 N–H and O–H groups in total. The van der Waals surface area contributed by atoms with Crippen molar-refractivity contribution in [3.05, 3.63) is 0 Å². The Labute approximate surface area is 199 Å². The van der Waals surface area contributed by atoms with E-state index < -0.39 is 6.10 Å². The number of unbranched alkanes of at least 4 members (excludes halogenated alkanes) is 21. The van der Waals surface area contributed by atoms with Crippen molar-refractivity contribution >= 4 is 5.97 Å². The number of aliphatic hydroxyl groups excluding tert-OH is 2. The fraction of sp³-hybridized carbons (Fsp3) is 0.964. The molecule has 0 aromatic heterocycles. The predicted octanol–water partition coefficient (Wildman–Crippen LogP) is 7.88. The summed E-state index contributed by atoms with van der Waals surface area (Å²) in [6, 6.07) is 0. The van der Waals surface area contributed by atoms with Gasteiger partial charge in [0.15, 0.2) is 0 Å². The summed E-state index contributed by atoms with van der Waals surface area (Å²) in [5, 5.41) is 17.8. The zero-order chi connectivity index (χ0) is 23.5. The maximum absolute atomic E-state index is 11.5. The van der Waals surface area contributed by atoms with Gasteiger partial charge >= 0.3 is 5.97 Å². The number of hydrogen-bond acceptors (Lipinski definition) is 4. The Morgan fingerprint density at radius 1 is 0.594 bits per heavy atom. The SMILES string of the molecule is CCCCCCCCCCCCCCCCCCCCCCCCC(=O)OC[C@H](O)CO. The first kappa shape index (κ1) is 31.4. The minimum atomic E-state index is -0.955. The second-order valence-corrected chi connectivity index (χ2v) is 9.69. The highest BCUT2D eigenvalue weighted by Crippen LogP contribution is 2.15. The second kappa shape index (κ2) is 26.6. The number of esters is 1. The molecule has 4 nitrogen and oxygen atoms in total. The highest BCUT2D eigenvalue weighted by atomic mass is 16.5. The van der Waals surface area contributed by atoms with Crippen LogP contribution < -0.4 is 0 Å². The summed E-state index contributed by atoms with van der Waals surface area (Å²) in [5.74, 6) is -0.273. The number of aliphatic hydroxyl groups is 2. The third kappa shape index (κ3) is 25.6. The highest BCUT2D eigenvalue weighted by Gasteiger charge is 2.07. The minimum absolute atomic E-state index is 0.103. The summed E-state index contributed by atoms with van der Waals surface area (Å²) in [7, 11) is 0. The summed E-state index contributed by atoms with van der Waals surface area (Å²) in [6.07, 6.45) is 29.3. The lowest BCUT2D eigenvalue weighted by atomic mass is 10.0. The molecular formula is C28H56O4. The van der Waals surface area contributed by atoms with Gasteiger partial charge in [-0.25, -0.2) is 0 Å². The molecule has 192 valence electrons. The molecule has 0 spiro atoms. The van der Waals surface area contributed by atoms with Crippen molar-refractivity contribution in [3.63, 3.8) is 0 Å². The largest absolute Gasteiger partial charge is 0.463 e. The van der Waals surface area contributed by atoms with Crippen molar-refractivity contribution in [2.45, 2.75) is 161 Å². The molecule has 0 saturated carbocycles. The Bertz CT molecular complexity index is 372. The van der Waals surface area contributed by atoms with Gasteiger partial charge in [0.25, 0.3) is 0 Å². The van der Waals surface area contributed by atoms with E-state index in [1.54, 1.807) is 0 Å². The van der Waals surface area contributed by atoms with Gasteiger partial charge in [0, 0.05) is 6.42 Å². The van der Waals surface area contributed by atoms with Crippen LogP contribution in [0.25, 0.3) is 0 Å². The minimum Gasteiger partial charge on any atom is -0.463 e. The topological polar surface area (TPSA) is 66.8 Å². The molecule has 32 heavy (non-hydrogen) atoms. The predicted molar refractivity (Wildman–Crippen MR) is 136 cm³/mol. The lowest BCUT2D eigenvalue weighted by Crippen LogP contribution is -2.21. The highest BCUT2D eigenvalue weighted by molar-refractivity contribution is 5.69. The maximum Gasteiger partial charge on any atom is 0.305 e. The monoisotopic (exact) mass is 456 g/mol. The van der Waals surface area contributed by atoms with E-state index in [4.69, 9.17) is 14.9 Å². The number of rotatable bonds is 26. The first-order valence-corrected chi connectivity index (χ1v) is 14.1. The number of carbonyl (C=O) groups is 1. The van der Waals surface area contributed by atoms with E-state index in [0.29, 0.717) is 6.42 Å². The fourth-order valence-corrected chi connectivity index (χ4v) is 4.19. The quantitative estimate of drug-likeness (QED) is 0.103. The van der Waals surface area contributed by atoms with Crippen LogP contribution in [0.15, 0.2) is 0 Å². The Morgan fingerprint density at radius 2 is 0.906 bits per heavy atom. The third-order valence-electron chi connectivity index (χ3n) is 6.38. The summed E-state index contributed by atoms with van der Waals surface area (Å²) in [4.78, 5) is 11.5. The molecule has 0 aliphatic heterocycles. The molecule has 0 aromatic rings. The van der Waals surface area contributed by atoms with E-state index in [-0.39, 0.29) is 19.2 Å². The van der Waals surface area contributed by atoms with Crippen LogP contribution in [0.3, 0.4) is 0 Å². The molecule has 0 saturated heterocycles. The molecule has 0 unspecified atom stereocenters. The van der Waals surface area contributed by atoms with Crippen LogP contribution in [0.5, 0.6) is 0 Å². The summed E-state index contributed by atoms with van der Waals surface area (Å²) in [5.41, 5.74) is 0. The van der Waals surface area contributed by atoms with Crippen LogP contribution in [-0.4, -0.2) is 35.5 Å². The first-order chi connectivity index (χ1) is 15.7. The lowest BCUT2D eigenvalue weighted by Gasteiger charge is -2.08. The first-order valence-electron chi connectivity index (χ1n) is 14.1. The van der Waals surface area contributed by atoms with Crippen molar-refractivity contribution in [1.29, 1.82) is 0 Å². The smallest absolute Gasteiger partial charge is 0.305 e. The van der Waals surface area contributed by atoms with Crippen LogP contribution in [0.1, 0.15) is 155 Å². The van der Waals surface area contributed by atoms with Gasteiger partial charge in [0.2, 0.25) is 0 Å². The van der Waals surface area contributed by atoms with Crippen LogP contribution in [0, 0.1) is 0 Å². The molecule has 0 bridgehead atoms. The normalized spacial score (nSPS) is 12.2. The van der Waals surface area contributed by atoms with Crippen molar-refractivity contribution in [3.8, 4) is 0 Å². The van der Waals surface area contributed by atoms with Gasteiger partial charge in [-0.15, -0.1) is 0 Å². The Morgan fingerprint density at radius 3 is 1.22 bits per heavy atom. The third-order valence-corrected chi connectivity index (χ3v) is 6.38. The van der Waals surface area contributed by atoms with E-state index in [2.05, 4.69) is 6.92 Å². The molecular weight excluding hydrogens is 400 g/mol. The van der Waals surface area contributed by atoms with E-state index in [1.165, 1.54) is 128 Å². The second-order valence-electron chi connectivity index (χ2n) is 9.69. The molecule has 0 fully saturated rings. The van der Waals surface area contributed by atoms with Crippen molar-refractivity contribution in [2.75, 3.05) is 13.2 Å². The van der Waals surface area contributed by atoms with Crippen LogP contribution in [0.4, 0.5) is 0 Å². The lowest BCUT2D eigenvalue weighted by molar-refractivity contribution is -0.147. The maximum atomic E-state index is 11.5. The van der Waals surface area contributed by atoms with Gasteiger partial charge in [0.1, 0.15) is 12.7 Å². The molecule has 0 rings (SSSR count). The van der Waals surface area contributed by atoms with E-state index in [1.807, 2.05) is 0 Å². The van der Waals surface area contributed by atoms with Crippen LogP contribution in [-0.2, 0) is 9.53 Å². The van der Waals surface area contributed by atoms with Crippen molar-refractivity contribution < 1.29 is 19.7 Å². The van der Waals surface area contributed by atoms with Crippen LogP contribution in [0.2, 0.25) is 0 Å². The molecule has 0 amide bonds. The number of carbonyl (C=O) groups excluding carboxylic acids is 1. The summed E-state index contributed by atoms with van der Waals surface area (Å²) in [6.45, 7) is 1.81. The van der Waals surface area contributed by atoms with Gasteiger partial charge < -0.3 is 14.9 Å². The molecule has 0 heterocycles. The Kier molecular flexibility index (Phi) is 26.1. The molecule has 0 aromatic carbocycles. The van der Waals surface area contributed by atoms with E-state index in [0.717, 1.165) is 12.8 Å². The molecule has 0 aliphatic rings. The van der Waals surface area contributed by atoms with Gasteiger partial charge in [-0.05, 0) is 6.42 Å². The number of ether oxygens (including phenoxy) is 1. The summed E-state index contributed by atoms with van der Waals surface area (Å²) < 4.78 is 4.89. The molecule has 0 radical (unpaired) electrons. The van der Waals surface area contributed by atoms with Gasteiger partial charge in [-0.3, -0.25) is 4.79 Å². The number of hydrogen-bond donors (Lipinski definition) is 2. The average molecular weight is 457 g/mol. The van der Waals surface area contributed by atoms with Crippen molar-refractivity contribution in [1.82, 2.24) is 0 Å². The Hall–Kier alpha value is -0.610. The zero-order valence-electron chi connectivity index (χ0n) is 21.5. The van der Waals surface area contributed by atoms with Gasteiger partial charge in [-0.1, -0.05) is 142 Å². The van der Waals surface area contributed by atoms with Gasteiger partial charge in [-0.2, -0.15) is 0 Å². The molecule has 0 aliphatic carbocycles. The van der Waals surface area contributed by atoms with E-state index >= 15 is 0 Å². The molecule has 4 heteroatoms. The summed E-state index contributed by atoms with van der Waals surface area (Å²) >= 11 is 0. The standard InChI is InChI=1S/C28H56O4/c1-2-3-4-5-6-7-8-9-10-11-12-13-14-15-16-17-18-19-20-21-22-23-24-28(31)32-26-27(30)25-29/h27,29-30H,2-26H2,1H3/t27-/m1/s1. The van der Waals surface area contributed by atoms with Gasteiger partial charge in [0.05, 0.1) is 6.61 Å². The van der Waals surface area contributed by atoms with Crippen molar-refractivity contribution in [2.24, 2.45) is 0 Å². The fourth-order valence-electron chi connectivity index (χ4n) is 4.19. The zero-order valence-corrected chi connectivity index (χ0v) is 21.5. The van der Waals surface area contributed by atoms with Crippen LogP contribution >= 0.6 is 0 Å².